The number of epoxide rings is 1. The van der Waals surface area contributed by atoms with E-state index in [0.717, 1.165) is 125 Å². The number of allylic oxidation sites excluding steroid dienone is 2. The summed E-state index contributed by atoms with van der Waals surface area (Å²) in [5, 5.41) is 54.7. The van der Waals surface area contributed by atoms with E-state index < -0.39 is 28.1 Å². The fraction of sp³-hybridized carbons (Fsp3) is 0.761. The maximum Gasteiger partial charge on any atom is 0.160 e. The molecule has 4 bridgehead atoms. The number of aliphatic hydroxyl groups is 3. The van der Waals surface area contributed by atoms with Gasteiger partial charge in [0.15, 0.2) is 5.78 Å². The number of hydrogen-bond acceptors (Lipinski definition) is 10. The Balaban J connectivity index is 1.05. The predicted molar refractivity (Wildman–Crippen MR) is 305 cm³/mol. The number of phenolic OH excluding ortho intramolecular Hbond substituents is 1. The van der Waals surface area contributed by atoms with E-state index in [1.54, 1.807) is 0 Å². The van der Waals surface area contributed by atoms with Gasteiger partial charge in [0.25, 0.3) is 0 Å². The number of rotatable bonds is 13. The maximum atomic E-state index is 16.0. The molecule has 1 spiro atoms. The zero-order chi connectivity index (χ0) is 54.5. The second-order valence-corrected chi connectivity index (χ2v) is 29.0. The predicted octanol–water partition coefficient (Wildman–Crippen LogP) is 11.9. The highest BCUT2D eigenvalue weighted by Gasteiger charge is 2.74. The van der Waals surface area contributed by atoms with Gasteiger partial charge in [0, 0.05) is 54.6 Å². The molecule has 2 aromatic rings. The lowest BCUT2D eigenvalue weighted by Crippen LogP contribution is -2.71. The van der Waals surface area contributed by atoms with Crippen molar-refractivity contribution in [3.05, 3.63) is 70.3 Å². The van der Waals surface area contributed by atoms with E-state index in [-0.39, 0.29) is 82.5 Å². The van der Waals surface area contributed by atoms with Gasteiger partial charge in [0.2, 0.25) is 0 Å². The molecule has 0 unspecified atom stereocenters. The van der Waals surface area contributed by atoms with Crippen molar-refractivity contribution >= 4 is 17.3 Å². The van der Waals surface area contributed by atoms with Crippen LogP contribution in [-0.4, -0.2) is 81.6 Å². The molecule has 10 heteroatoms. The third kappa shape index (κ3) is 9.54. The number of hydrogen-bond donors (Lipinski definition) is 7. The standard InChI is InChI=1S/C67H99N3O7/c1-8-9-10-15-40-26-44-21-20-41(38-71)29-49(44)50(32-55(73)61-66(6,77-61)52-19-14-18-48(52)43-16-13-17-46(68)30-43)58-53-22-23-57-64(4)34-51(45-27-42(37-69-7)28-47(72)31-45)60(75)63(3)25-12-11-24-62(2,76)39-70-54(59(63)64)35-67(57,33-40)65(53,5)36-56(58)74/h13,16-17,27-28,30-31,40-41,44,48-52,54-55,57,59,61,69-73,76H,8-12,14-15,18-26,29,32-39,68H2,1-7H3/t40-,41-,44+,48-,49-,50+,51+,52-,54+,55-,57-,59+,61-,62+,63-,64+,65+,66-,67+/m1/s1. The second kappa shape index (κ2) is 21.0. The minimum atomic E-state index is -0.895. The normalized spacial score (nSPS) is 44.2. The summed E-state index contributed by atoms with van der Waals surface area (Å²) >= 11 is 0. The van der Waals surface area contributed by atoms with Crippen LogP contribution in [0.1, 0.15) is 211 Å². The molecule has 8 N–H and O–H groups in total. The van der Waals surface area contributed by atoms with Crippen LogP contribution in [-0.2, 0) is 20.9 Å². The topological polar surface area (TPSA) is 178 Å². The van der Waals surface area contributed by atoms with Gasteiger partial charge in [-0.25, -0.2) is 0 Å². The minimum absolute atomic E-state index is 0.0182. The number of unbranched alkanes of at least 4 members (excludes halogenated alkanes) is 2. The van der Waals surface area contributed by atoms with Crippen molar-refractivity contribution in [3.8, 4) is 5.75 Å². The average Bonchev–Trinajstić information content (AvgIpc) is 3.93. The first-order valence-corrected chi connectivity index (χ1v) is 31.3. The highest BCUT2D eigenvalue weighted by Crippen LogP contribution is 2.78. The Kier molecular flexibility index (Phi) is 15.2. The number of nitrogens with two attached hydrogens (primary N) is 1. The zero-order valence-electron chi connectivity index (χ0n) is 48.3. The summed E-state index contributed by atoms with van der Waals surface area (Å²) in [5.41, 5.74) is 9.60. The van der Waals surface area contributed by atoms with Crippen LogP contribution < -0.4 is 16.4 Å². The molecule has 2 saturated heterocycles. The number of ketones is 2. The van der Waals surface area contributed by atoms with Crippen molar-refractivity contribution < 1.29 is 34.8 Å². The molecule has 0 radical (unpaired) electrons. The number of Topliss-reactive ketones (excluding diaryl/α,β-unsaturated/α-hetero) is 2. The maximum absolute atomic E-state index is 16.0. The third-order valence-electron chi connectivity index (χ3n) is 24.3. The fourth-order valence-corrected chi connectivity index (χ4v) is 21.1. The van der Waals surface area contributed by atoms with E-state index in [4.69, 9.17) is 10.5 Å². The van der Waals surface area contributed by atoms with Gasteiger partial charge in [0.05, 0.1) is 17.3 Å². The first-order chi connectivity index (χ1) is 36.7. The number of aromatic hydroxyl groups is 1. The Morgan fingerprint density at radius 2 is 1.70 bits per heavy atom. The minimum Gasteiger partial charge on any atom is -0.508 e. The van der Waals surface area contributed by atoms with Gasteiger partial charge in [-0.2, -0.15) is 0 Å². The summed E-state index contributed by atoms with van der Waals surface area (Å²) in [4.78, 5) is 31.9. The van der Waals surface area contributed by atoms with Crippen LogP contribution in [0.3, 0.4) is 0 Å². The molecule has 7 fully saturated rings. The molecule has 2 aliphatic heterocycles. The number of carbonyl (C=O) groups excluding carboxylic acids is 2. The SMILES string of the molecule is CCCCC[C@@H]1C[C@@H]2CC[C@@H](CO)C[C@H]2[C@H](C[C@@H](O)[C@H]2O[C@]2(C)[C@@H]2CCC[C@@H]2c2cccc(N)c2)C2=C3CC[C@@H]4[C@]5(C)C[C@@H](c6cc(O)cc(CNC)c6)C(=O)[C@]6(C)CCCC[C@](C)(O)CN[C@@H](C[C@]4(C1)[C@@]3(C)CC2=O)[C@H]56. The van der Waals surface area contributed by atoms with Crippen molar-refractivity contribution in [2.45, 2.75) is 231 Å². The Bertz CT molecular complexity index is 2560. The van der Waals surface area contributed by atoms with Crippen LogP contribution in [0.4, 0.5) is 5.69 Å². The molecule has 2 aromatic carbocycles. The molecule has 2 heterocycles. The molecule has 19 atom stereocenters. The number of benzene rings is 2. The van der Waals surface area contributed by atoms with Gasteiger partial charge in [-0.05, 0) is 221 Å². The Morgan fingerprint density at radius 3 is 2.47 bits per heavy atom. The van der Waals surface area contributed by atoms with E-state index >= 15 is 9.59 Å². The van der Waals surface area contributed by atoms with E-state index in [0.29, 0.717) is 62.3 Å². The van der Waals surface area contributed by atoms with Crippen LogP contribution >= 0.6 is 0 Å². The summed E-state index contributed by atoms with van der Waals surface area (Å²) < 4.78 is 6.85. The lowest BCUT2D eigenvalue weighted by atomic mass is 9.32. The van der Waals surface area contributed by atoms with Crippen LogP contribution in [0, 0.1) is 69.0 Å². The van der Waals surface area contributed by atoms with Crippen molar-refractivity contribution in [3.63, 3.8) is 0 Å². The molecule has 9 aliphatic rings. The third-order valence-corrected chi connectivity index (χ3v) is 24.3. The first-order valence-electron chi connectivity index (χ1n) is 31.3. The number of phenols is 1. The molecule has 11 rings (SSSR count). The van der Waals surface area contributed by atoms with E-state index in [9.17, 15) is 20.4 Å². The number of nitrogen functional groups attached to an aromatic ring is 1. The van der Waals surface area contributed by atoms with E-state index in [1.807, 2.05) is 32.2 Å². The number of carbonyl (C=O) groups is 2. The second-order valence-electron chi connectivity index (χ2n) is 29.0. The number of anilines is 1. The summed E-state index contributed by atoms with van der Waals surface area (Å²) in [6.07, 6.45) is 19.3. The van der Waals surface area contributed by atoms with Crippen LogP contribution in [0.2, 0.25) is 0 Å². The number of β-amino-alcohol motifs (C(OH)–C–C–N with tert-alkyl or cyclic N) is 1. The highest BCUT2D eigenvalue weighted by atomic mass is 16.6. The Morgan fingerprint density at radius 1 is 0.896 bits per heavy atom. The first kappa shape index (κ1) is 55.8. The molecule has 77 heavy (non-hydrogen) atoms. The van der Waals surface area contributed by atoms with E-state index in [2.05, 4.69) is 69.5 Å². The monoisotopic (exact) mass is 1060 g/mol. The Labute approximate surface area is 462 Å². The van der Waals surface area contributed by atoms with E-state index in [1.165, 1.54) is 24.0 Å². The van der Waals surface area contributed by atoms with Gasteiger partial charge in [-0.1, -0.05) is 96.4 Å². The average molecular weight is 1060 g/mol. The number of aliphatic hydroxyl groups excluding tert-OH is 2. The van der Waals surface area contributed by atoms with Gasteiger partial charge in [-0.15, -0.1) is 0 Å². The van der Waals surface area contributed by atoms with Crippen LogP contribution in [0.5, 0.6) is 5.75 Å². The molecule has 10 nitrogen and oxygen atoms in total. The lowest BCUT2D eigenvalue weighted by Gasteiger charge is -2.72. The summed E-state index contributed by atoms with van der Waals surface area (Å²) in [6.45, 7) is 15.1. The summed E-state index contributed by atoms with van der Waals surface area (Å²) in [7, 11) is 1.92. The largest absolute Gasteiger partial charge is 0.508 e. The van der Waals surface area contributed by atoms with Crippen LogP contribution in [0.25, 0.3) is 0 Å². The molecular weight excluding hydrogens is 959 g/mol. The smallest absolute Gasteiger partial charge is 0.160 e. The van der Waals surface area contributed by atoms with Crippen molar-refractivity contribution in [2.24, 2.45) is 69.0 Å². The molecule has 0 amide bonds. The molecular formula is C67H99N3O7. The van der Waals surface area contributed by atoms with Gasteiger partial charge in [0.1, 0.15) is 17.6 Å². The van der Waals surface area contributed by atoms with Crippen molar-refractivity contribution in [1.82, 2.24) is 10.6 Å². The van der Waals surface area contributed by atoms with Crippen molar-refractivity contribution in [1.29, 1.82) is 0 Å². The lowest BCUT2D eigenvalue weighted by molar-refractivity contribution is -0.210. The van der Waals surface area contributed by atoms with Crippen LogP contribution in [0.15, 0.2) is 53.6 Å². The van der Waals surface area contributed by atoms with Gasteiger partial charge >= 0.3 is 0 Å². The number of fused-ring (bicyclic) bond motifs is 2. The highest BCUT2D eigenvalue weighted by molar-refractivity contribution is 6.01. The zero-order valence-corrected chi connectivity index (χ0v) is 48.3. The number of nitrogens with one attached hydrogen (secondary N) is 2. The van der Waals surface area contributed by atoms with Gasteiger partial charge in [-0.3, -0.25) is 9.59 Å². The molecule has 424 valence electrons. The molecule has 0 aromatic heterocycles. The summed E-state index contributed by atoms with van der Waals surface area (Å²) in [6, 6.07) is 14.2. The summed E-state index contributed by atoms with van der Waals surface area (Å²) in [5.74, 6) is 2.23. The molecule has 5 saturated carbocycles. The quantitative estimate of drug-likeness (QED) is 0.0580. The van der Waals surface area contributed by atoms with Gasteiger partial charge < -0.3 is 41.5 Å². The fourth-order valence-electron chi connectivity index (χ4n) is 21.1. The Hall–Kier alpha value is -3.12. The number of ether oxygens (including phenoxy) is 1. The van der Waals surface area contributed by atoms with Crippen molar-refractivity contribution in [2.75, 3.05) is 25.9 Å². The molecule has 7 aliphatic carbocycles.